The molecule has 2 amide bonds. The first kappa shape index (κ1) is 35.0. The molecule has 0 saturated carbocycles. The number of nitrogens with zero attached hydrogens (tertiary/aromatic N) is 2. The number of hydrogen-bond donors (Lipinski definition) is 4. The molecule has 0 radical (unpaired) electrons. The van der Waals surface area contributed by atoms with E-state index < -0.39 is 17.3 Å². The summed E-state index contributed by atoms with van der Waals surface area (Å²) < 4.78 is 44.0. The first-order valence-corrected chi connectivity index (χ1v) is 14.5. The van der Waals surface area contributed by atoms with Crippen molar-refractivity contribution in [1.29, 1.82) is 0 Å². The zero-order valence-corrected chi connectivity index (χ0v) is 24.2. The van der Waals surface area contributed by atoms with Gasteiger partial charge in [-0.25, -0.2) is 8.78 Å². The number of nitrogens with one attached hydrogen (secondary N) is 2. The zero-order valence-electron chi connectivity index (χ0n) is 23.3. The molecule has 40 heavy (non-hydrogen) atoms. The summed E-state index contributed by atoms with van der Waals surface area (Å²) in [7, 11) is -1.17. The number of rotatable bonds is 6. The van der Waals surface area contributed by atoms with Gasteiger partial charge < -0.3 is 20.4 Å². The average molecular weight is 587 g/mol. The van der Waals surface area contributed by atoms with Crippen molar-refractivity contribution in [3.05, 3.63) is 82.9 Å². The molecule has 2 atom stereocenters. The van der Waals surface area contributed by atoms with Crippen LogP contribution in [0.1, 0.15) is 20.8 Å². The molecule has 1 saturated heterocycles. The van der Waals surface area contributed by atoms with E-state index >= 15 is 0 Å². The quantitative estimate of drug-likeness (QED) is 0.269. The Labute approximate surface area is 236 Å². The molecule has 3 heterocycles. The lowest BCUT2D eigenvalue weighted by Gasteiger charge is -2.35. The Kier molecular flexibility index (Phi) is 14.8. The average Bonchev–Trinajstić information content (AvgIpc) is 3.23. The molecule has 1 fully saturated rings. The fraction of sp³-hybridized carbons (Fsp3) is 0.429. The fourth-order valence-corrected chi connectivity index (χ4v) is 5.44. The molecule has 0 aromatic heterocycles. The Morgan fingerprint density at radius 2 is 1.85 bits per heavy atom. The Hall–Kier alpha value is -3.06. The molecule has 3 aliphatic rings. The summed E-state index contributed by atoms with van der Waals surface area (Å²) in [5.41, 5.74) is 1.85. The third kappa shape index (κ3) is 9.84. The maximum atomic E-state index is 13.3. The van der Waals surface area contributed by atoms with E-state index in [1.165, 1.54) is 48.7 Å². The largest absolute Gasteiger partial charge is 0.381 e. The van der Waals surface area contributed by atoms with Crippen molar-refractivity contribution in [2.45, 2.75) is 26.8 Å². The topological polar surface area (TPSA) is 105 Å². The number of hydrogen-bond acceptors (Lipinski definition) is 6. The van der Waals surface area contributed by atoms with Crippen LogP contribution in [-0.4, -0.2) is 82.4 Å². The molecule has 2 unspecified atom stereocenters. The highest BCUT2D eigenvalue weighted by molar-refractivity contribution is 8.27. The van der Waals surface area contributed by atoms with Crippen LogP contribution in [0.25, 0.3) is 0 Å². The van der Waals surface area contributed by atoms with Crippen molar-refractivity contribution in [1.82, 2.24) is 20.4 Å². The first-order valence-electron chi connectivity index (χ1n) is 12.8. The van der Waals surface area contributed by atoms with E-state index in [0.717, 1.165) is 18.7 Å². The molecular weight excluding hydrogens is 545 g/mol. The van der Waals surface area contributed by atoms with Gasteiger partial charge in [-0.05, 0) is 63.8 Å². The predicted octanol–water partition coefficient (Wildman–Crippen LogP) is 4.57. The van der Waals surface area contributed by atoms with E-state index in [4.69, 9.17) is 0 Å². The number of carbonyl (C=O) groups excluding carboxylic acids is 2. The molecule has 3 rings (SSSR count). The number of allylic oxidation sites excluding steroid dienone is 6. The molecule has 0 spiro atoms. The van der Waals surface area contributed by atoms with Gasteiger partial charge in [0.25, 0.3) is 5.91 Å². The van der Waals surface area contributed by atoms with Gasteiger partial charge in [0, 0.05) is 49.7 Å². The minimum atomic E-state index is -3.21. The fourth-order valence-electron chi connectivity index (χ4n) is 4.26. The molecule has 0 aromatic rings. The highest BCUT2D eigenvalue weighted by Crippen LogP contribution is 2.48. The van der Waals surface area contributed by atoms with Crippen LogP contribution in [0.15, 0.2) is 82.9 Å². The second kappa shape index (κ2) is 16.9. The Morgan fingerprint density at radius 3 is 2.45 bits per heavy atom. The summed E-state index contributed by atoms with van der Waals surface area (Å²) in [4.78, 5) is 30.3. The highest BCUT2D eigenvalue weighted by Gasteiger charge is 2.37. The third-order valence-electron chi connectivity index (χ3n) is 6.50. The molecule has 224 valence electrons. The summed E-state index contributed by atoms with van der Waals surface area (Å²) in [6, 6.07) is -0.123. The molecule has 0 aromatic carbocycles. The maximum Gasteiger partial charge on any atom is 0.255 e. The molecule has 3 aliphatic heterocycles. The second-order valence-corrected chi connectivity index (χ2v) is 11.5. The smallest absolute Gasteiger partial charge is 0.255 e. The lowest BCUT2D eigenvalue weighted by Crippen LogP contribution is -2.50. The normalized spacial score (nSPS) is 26.5. The van der Waals surface area contributed by atoms with Crippen molar-refractivity contribution in [2.24, 2.45) is 5.92 Å². The first-order chi connectivity index (χ1) is 18.5. The van der Waals surface area contributed by atoms with E-state index in [-0.39, 0.29) is 39.1 Å². The van der Waals surface area contributed by atoms with Crippen LogP contribution in [-0.2, 0) is 9.59 Å². The van der Waals surface area contributed by atoms with E-state index in [1.54, 1.807) is 13.0 Å². The van der Waals surface area contributed by atoms with Crippen LogP contribution in [0.5, 0.6) is 0 Å². The summed E-state index contributed by atoms with van der Waals surface area (Å²) in [6.07, 6.45) is 13.6. The number of halogens is 3. The van der Waals surface area contributed by atoms with Crippen molar-refractivity contribution in [2.75, 3.05) is 45.7 Å². The van der Waals surface area contributed by atoms with Crippen LogP contribution in [0.3, 0.4) is 0 Å². The van der Waals surface area contributed by atoms with Crippen LogP contribution in [0.2, 0.25) is 0 Å². The van der Waals surface area contributed by atoms with Gasteiger partial charge in [-0.1, -0.05) is 18.2 Å². The Morgan fingerprint density at radius 1 is 1.20 bits per heavy atom. The molecule has 0 aliphatic carbocycles. The Balaban J connectivity index is 0.00000150. The molecule has 0 bridgehead atoms. The molecule has 12 heteroatoms. The van der Waals surface area contributed by atoms with Crippen LogP contribution in [0, 0.1) is 5.92 Å². The van der Waals surface area contributed by atoms with Gasteiger partial charge >= 0.3 is 0 Å². The number of likely N-dealkylation sites (N-methyl/N-ethyl adjacent to an activating group) is 1. The van der Waals surface area contributed by atoms with E-state index in [0.29, 0.717) is 30.7 Å². The van der Waals surface area contributed by atoms with Crippen molar-refractivity contribution in [3.63, 3.8) is 0 Å². The SMILES string of the molecule is C/C=C/F.CC1=C(/C=C2/C=C/C(S(O)(O)C/C=C/CF)=C\C=C\NC2=O)NC(C)C1C(=O)N1CCN(C)CC1.F. The Bertz CT molecular complexity index is 1090. The zero-order chi connectivity index (χ0) is 29.0. The minimum absolute atomic E-state index is 0. The number of amides is 2. The third-order valence-corrected chi connectivity index (χ3v) is 8.19. The number of piperazine rings is 1. The standard InChI is InChI=1S/C25H35FN4O4S.C3H5F.FH/c1-18-22(28-19(2)23(18)25(32)30-14-12-29(3)13-15-30)17-20-8-9-21(7-6-11-27-24(20)31)35(33,34)16-5-4-10-26;1-2-3-4;/h4-9,11,17,19,23,28,33-34H,10,12-16H2,1-3H3,(H,27,31);2-3H,1H3;1H/b5-4+,9-8+,11-6+,20-17-,21-7+;3-2+;. The second-order valence-electron chi connectivity index (χ2n) is 9.39. The van der Waals surface area contributed by atoms with E-state index in [1.807, 2.05) is 25.8 Å². The van der Waals surface area contributed by atoms with Gasteiger partial charge in [-0.2, -0.15) is 10.6 Å². The summed E-state index contributed by atoms with van der Waals surface area (Å²) in [6.45, 7) is 7.87. The van der Waals surface area contributed by atoms with Gasteiger partial charge in [0.1, 0.15) is 6.67 Å². The van der Waals surface area contributed by atoms with Gasteiger partial charge in [0.2, 0.25) is 5.91 Å². The van der Waals surface area contributed by atoms with Crippen LogP contribution in [0.4, 0.5) is 13.5 Å². The van der Waals surface area contributed by atoms with Gasteiger partial charge in [0.15, 0.2) is 0 Å². The van der Waals surface area contributed by atoms with Gasteiger partial charge in [-0.3, -0.25) is 23.4 Å². The van der Waals surface area contributed by atoms with Crippen LogP contribution >= 0.6 is 10.6 Å². The number of carbonyl (C=O) groups is 2. The van der Waals surface area contributed by atoms with Gasteiger partial charge in [-0.15, -0.1) is 0 Å². The van der Waals surface area contributed by atoms with Crippen molar-refractivity contribution < 1.29 is 32.2 Å². The van der Waals surface area contributed by atoms with Gasteiger partial charge in [0.05, 0.1) is 22.9 Å². The lowest BCUT2D eigenvalue weighted by atomic mass is 9.94. The highest BCUT2D eigenvalue weighted by atomic mass is 32.3. The van der Waals surface area contributed by atoms with E-state index in [2.05, 4.69) is 15.5 Å². The molecular formula is C28H41F3N4O4S. The van der Waals surface area contributed by atoms with E-state index in [9.17, 15) is 27.5 Å². The molecule has 4 N–H and O–H groups in total. The van der Waals surface area contributed by atoms with Crippen molar-refractivity contribution >= 4 is 22.4 Å². The van der Waals surface area contributed by atoms with Crippen LogP contribution < -0.4 is 10.6 Å². The van der Waals surface area contributed by atoms with Crippen molar-refractivity contribution in [3.8, 4) is 0 Å². The summed E-state index contributed by atoms with van der Waals surface area (Å²) in [5.74, 6) is -0.731. The maximum absolute atomic E-state index is 13.3. The minimum Gasteiger partial charge on any atom is -0.381 e. The lowest BCUT2D eigenvalue weighted by molar-refractivity contribution is -0.136. The monoisotopic (exact) mass is 586 g/mol. The summed E-state index contributed by atoms with van der Waals surface area (Å²) in [5, 5.41) is 6.00. The number of alkyl halides is 1. The summed E-state index contributed by atoms with van der Waals surface area (Å²) >= 11 is 0. The predicted molar refractivity (Wildman–Crippen MR) is 157 cm³/mol. The molecule has 8 nitrogen and oxygen atoms in total.